The number of fused-ring (bicyclic) bond motifs is 1. The molecule has 3 rings (SSSR count). The van der Waals surface area contributed by atoms with Gasteiger partial charge in [-0.05, 0) is 19.1 Å². The van der Waals surface area contributed by atoms with Crippen LogP contribution in [0, 0.1) is 6.92 Å². The normalized spacial score (nSPS) is 10.9. The fraction of sp³-hybridized carbons (Fsp3) is 0.167. The van der Waals surface area contributed by atoms with Crippen molar-refractivity contribution in [1.29, 1.82) is 0 Å². The molecule has 0 radical (unpaired) electrons. The minimum absolute atomic E-state index is 0.703. The standard InChI is InChI=1S/C12H12N4S/c1-9-3-2-4-11-15-10(8-16(9)11)7-14-12-13-5-6-17-12/h2-6,8H,7H2,1H3,(H,13,14). The molecule has 0 saturated heterocycles. The van der Waals surface area contributed by atoms with Gasteiger partial charge in [-0.3, -0.25) is 0 Å². The molecule has 3 aromatic heterocycles. The first-order chi connectivity index (χ1) is 8.33. The predicted octanol–water partition coefficient (Wildman–Crippen LogP) is 2.71. The number of aryl methyl sites for hydroxylation is 1. The lowest BCUT2D eigenvalue weighted by Crippen LogP contribution is -1.98. The second-order valence-electron chi connectivity index (χ2n) is 3.82. The van der Waals surface area contributed by atoms with Crippen LogP contribution in [0.5, 0.6) is 0 Å². The van der Waals surface area contributed by atoms with Crippen LogP contribution in [0.3, 0.4) is 0 Å². The molecular formula is C12H12N4S. The SMILES string of the molecule is Cc1cccc2nc(CNc3nccs3)cn12. The van der Waals surface area contributed by atoms with Gasteiger partial charge in [0.2, 0.25) is 0 Å². The topological polar surface area (TPSA) is 42.2 Å². The molecule has 5 heteroatoms. The molecule has 0 bridgehead atoms. The number of nitrogens with one attached hydrogen (secondary N) is 1. The molecule has 3 aromatic rings. The number of rotatable bonds is 3. The molecule has 0 aromatic carbocycles. The molecule has 4 nitrogen and oxygen atoms in total. The molecule has 0 atom stereocenters. The highest BCUT2D eigenvalue weighted by Gasteiger charge is 2.03. The van der Waals surface area contributed by atoms with Crippen molar-refractivity contribution < 1.29 is 0 Å². The zero-order chi connectivity index (χ0) is 11.7. The van der Waals surface area contributed by atoms with Crippen molar-refractivity contribution in [2.24, 2.45) is 0 Å². The second kappa shape index (κ2) is 4.18. The van der Waals surface area contributed by atoms with Crippen molar-refractivity contribution in [1.82, 2.24) is 14.4 Å². The van der Waals surface area contributed by atoms with E-state index in [0.29, 0.717) is 6.54 Å². The third-order valence-electron chi connectivity index (χ3n) is 2.60. The van der Waals surface area contributed by atoms with Crippen LogP contribution in [0.4, 0.5) is 5.13 Å². The zero-order valence-corrected chi connectivity index (χ0v) is 10.2. The molecule has 3 heterocycles. The molecule has 0 spiro atoms. The smallest absolute Gasteiger partial charge is 0.182 e. The van der Waals surface area contributed by atoms with Crippen molar-refractivity contribution in [3.63, 3.8) is 0 Å². The molecule has 0 fully saturated rings. The van der Waals surface area contributed by atoms with E-state index in [1.54, 1.807) is 17.5 Å². The summed E-state index contributed by atoms with van der Waals surface area (Å²) < 4.78 is 2.10. The van der Waals surface area contributed by atoms with Gasteiger partial charge in [0, 0.05) is 23.5 Å². The van der Waals surface area contributed by atoms with E-state index in [2.05, 4.69) is 38.9 Å². The number of anilines is 1. The van der Waals surface area contributed by atoms with Crippen molar-refractivity contribution in [3.05, 3.63) is 47.4 Å². The van der Waals surface area contributed by atoms with Crippen molar-refractivity contribution in [2.45, 2.75) is 13.5 Å². The van der Waals surface area contributed by atoms with Gasteiger partial charge in [0.05, 0.1) is 12.2 Å². The number of hydrogen-bond acceptors (Lipinski definition) is 4. The first kappa shape index (κ1) is 10.3. The molecule has 0 saturated carbocycles. The Morgan fingerprint density at radius 1 is 1.41 bits per heavy atom. The summed E-state index contributed by atoms with van der Waals surface area (Å²) in [5.41, 5.74) is 3.20. The van der Waals surface area contributed by atoms with Crippen LogP contribution in [-0.2, 0) is 6.54 Å². The molecule has 0 aliphatic carbocycles. The first-order valence-corrected chi connectivity index (χ1v) is 6.28. The molecule has 0 unspecified atom stereocenters. The Bertz CT molecular complexity index is 627. The summed E-state index contributed by atoms with van der Waals surface area (Å²) in [5.74, 6) is 0. The molecule has 0 aliphatic rings. The van der Waals surface area contributed by atoms with Crippen LogP contribution in [0.2, 0.25) is 0 Å². The fourth-order valence-corrected chi connectivity index (χ4v) is 2.29. The Hall–Kier alpha value is -1.88. The monoisotopic (exact) mass is 244 g/mol. The Morgan fingerprint density at radius 3 is 3.12 bits per heavy atom. The number of pyridine rings is 1. The summed E-state index contributed by atoms with van der Waals surface area (Å²) in [6.45, 7) is 2.78. The van der Waals surface area contributed by atoms with Gasteiger partial charge < -0.3 is 9.72 Å². The number of thiazole rings is 1. The summed E-state index contributed by atoms with van der Waals surface area (Å²) in [6, 6.07) is 6.11. The van der Waals surface area contributed by atoms with Crippen LogP contribution < -0.4 is 5.32 Å². The van der Waals surface area contributed by atoms with Gasteiger partial charge in [0.1, 0.15) is 5.65 Å². The lowest BCUT2D eigenvalue weighted by molar-refractivity contribution is 1.06. The van der Waals surface area contributed by atoms with E-state index in [9.17, 15) is 0 Å². The van der Waals surface area contributed by atoms with Gasteiger partial charge >= 0.3 is 0 Å². The van der Waals surface area contributed by atoms with E-state index in [4.69, 9.17) is 0 Å². The van der Waals surface area contributed by atoms with Crippen molar-refractivity contribution >= 4 is 22.1 Å². The minimum Gasteiger partial charge on any atom is -0.356 e. The maximum absolute atomic E-state index is 4.55. The van der Waals surface area contributed by atoms with Crippen LogP contribution in [0.1, 0.15) is 11.4 Å². The van der Waals surface area contributed by atoms with Gasteiger partial charge in [-0.2, -0.15) is 0 Å². The number of nitrogens with zero attached hydrogens (tertiary/aromatic N) is 3. The zero-order valence-electron chi connectivity index (χ0n) is 9.42. The molecular weight excluding hydrogens is 232 g/mol. The Kier molecular flexibility index (Phi) is 2.53. The van der Waals surface area contributed by atoms with Gasteiger partial charge in [-0.25, -0.2) is 9.97 Å². The van der Waals surface area contributed by atoms with Crippen molar-refractivity contribution in [2.75, 3.05) is 5.32 Å². The fourth-order valence-electron chi connectivity index (χ4n) is 1.76. The molecule has 17 heavy (non-hydrogen) atoms. The highest BCUT2D eigenvalue weighted by Crippen LogP contribution is 2.13. The third-order valence-corrected chi connectivity index (χ3v) is 3.33. The molecule has 0 aliphatic heterocycles. The Balaban J connectivity index is 1.84. The van der Waals surface area contributed by atoms with Gasteiger partial charge in [-0.15, -0.1) is 11.3 Å². The summed E-state index contributed by atoms with van der Waals surface area (Å²) in [5, 5.41) is 6.14. The molecule has 1 N–H and O–H groups in total. The maximum atomic E-state index is 4.55. The van der Waals surface area contributed by atoms with Crippen LogP contribution >= 0.6 is 11.3 Å². The summed E-state index contributed by atoms with van der Waals surface area (Å²) in [7, 11) is 0. The van der Waals surface area contributed by atoms with E-state index >= 15 is 0 Å². The average Bonchev–Trinajstić information content (AvgIpc) is 2.95. The van der Waals surface area contributed by atoms with Gasteiger partial charge in [-0.1, -0.05) is 6.07 Å². The maximum Gasteiger partial charge on any atom is 0.182 e. The van der Waals surface area contributed by atoms with Gasteiger partial charge in [0.15, 0.2) is 5.13 Å². The van der Waals surface area contributed by atoms with Crippen molar-refractivity contribution in [3.8, 4) is 0 Å². The van der Waals surface area contributed by atoms with E-state index in [-0.39, 0.29) is 0 Å². The Morgan fingerprint density at radius 2 is 2.35 bits per heavy atom. The van der Waals surface area contributed by atoms with Crippen LogP contribution in [-0.4, -0.2) is 14.4 Å². The summed E-state index contributed by atoms with van der Waals surface area (Å²) in [6.07, 6.45) is 3.85. The highest BCUT2D eigenvalue weighted by atomic mass is 32.1. The lowest BCUT2D eigenvalue weighted by Gasteiger charge is -1.97. The lowest BCUT2D eigenvalue weighted by atomic mass is 10.4. The number of hydrogen-bond donors (Lipinski definition) is 1. The van der Waals surface area contributed by atoms with E-state index < -0.39 is 0 Å². The second-order valence-corrected chi connectivity index (χ2v) is 4.71. The van der Waals surface area contributed by atoms with E-state index in [1.165, 1.54) is 5.69 Å². The average molecular weight is 244 g/mol. The van der Waals surface area contributed by atoms with Crippen LogP contribution in [0.15, 0.2) is 36.0 Å². The number of aromatic nitrogens is 3. The van der Waals surface area contributed by atoms with Gasteiger partial charge in [0.25, 0.3) is 0 Å². The largest absolute Gasteiger partial charge is 0.356 e. The third kappa shape index (κ3) is 2.01. The highest BCUT2D eigenvalue weighted by molar-refractivity contribution is 7.13. The number of imidazole rings is 1. The quantitative estimate of drug-likeness (QED) is 0.770. The Labute approximate surface area is 103 Å². The minimum atomic E-state index is 0.703. The first-order valence-electron chi connectivity index (χ1n) is 5.40. The van der Waals surface area contributed by atoms with E-state index in [0.717, 1.165) is 16.5 Å². The predicted molar refractivity (Wildman–Crippen MR) is 69.4 cm³/mol. The molecule has 0 amide bonds. The summed E-state index contributed by atoms with van der Waals surface area (Å²) >= 11 is 1.60. The van der Waals surface area contributed by atoms with Crippen LogP contribution in [0.25, 0.3) is 5.65 Å². The molecule has 86 valence electrons. The van der Waals surface area contributed by atoms with E-state index in [1.807, 2.05) is 17.5 Å². The summed E-state index contributed by atoms with van der Waals surface area (Å²) in [4.78, 5) is 8.73.